The van der Waals surface area contributed by atoms with Gasteiger partial charge < -0.3 is 9.80 Å². The summed E-state index contributed by atoms with van der Waals surface area (Å²) < 4.78 is 0. The fourth-order valence-electron chi connectivity index (χ4n) is 4.83. The van der Waals surface area contributed by atoms with E-state index in [-0.39, 0.29) is 5.54 Å². The van der Waals surface area contributed by atoms with Crippen molar-refractivity contribution >= 4 is 17.6 Å². The van der Waals surface area contributed by atoms with Gasteiger partial charge in [0.1, 0.15) is 0 Å². The average Bonchev–Trinajstić information content (AvgIpc) is 3.52. The van der Waals surface area contributed by atoms with Crippen LogP contribution < -0.4 is 0 Å². The fraction of sp³-hybridized carbons (Fsp3) is 0.696. The van der Waals surface area contributed by atoms with Crippen LogP contribution in [-0.4, -0.2) is 59.0 Å². The number of amides is 2. The van der Waals surface area contributed by atoms with Gasteiger partial charge in [0.15, 0.2) is 0 Å². The molecule has 1 spiro atoms. The lowest BCUT2D eigenvalue weighted by Gasteiger charge is -2.54. The molecule has 28 heavy (non-hydrogen) atoms. The van der Waals surface area contributed by atoms with Gasteiger partial charge in [-0.2, -0.15) is 0 Å². The Hall–Kier alpha value is -1.26. The molecule has 2 heterocycles. The van der Waals surface area contributed by atoms with E-state index in [0.29, 0.717) is 6.03 Å². The van der Waals surface area contributed by atoms with Crippen LogP contribution in [0.2, 0.25) is 5.02 Å². The first-order valence-electron chi connectivity index (χ1n) is 11.1. The predicted molar refractivity (Wildman–Crippen MR) is 115 cm³/mol. The van der Waals surface area contributed by atoms with Crippen LogP contribution in [0, 0.1) is 5.92 Å². The van der Waals surface area contributed by atoms with Gasteiger partial charge in [-0.05, 0) is 62.1 Å². The Morgan fingerprint density at radius 1 is 1.07 bits per heavy atom. The number of halogens is 1. The normalized spacial score (nSPS) is 22.9. The summed E-state index contributed by atoms with van der Waals surface area (Å²) in [4.78, 5) is 20.3. The first-order chi connectivity index (χ1) is 13.6. The monoisotopic (exact) mass is 403 g/mol. The minimum absolute atomic E-state index is 0.0961. The van der Waals surface area contributed by atoms with Crippen molar-refractivity contribution in [1.29, 1.82) is 0 Å². The van der Waals surface area contributed by atoms with E-state index < -0.39 is 0 Å². The SMILES string of the molecule is CCCCN1CCC2(CCN(Cc3ccc(Cl)cc3)CC2)N(CC2CC2)C1=O. The number of carbonyl (C=O) groups excluding carboxylic acids is 1. The summed E-state index contributed by atoms with van der Waals surface area (Å²) in [6, 6.07) is 8.52. The Morgan fingerprint density at radius 3 is 2.39 bits per heavy atom. The van der Waals surface area contributed by atoms with Crippen LogP contribution in [-0.2, 0) is 6.54 Å². The van der Waals surface area contributed by atoms with Crippen LogP contribution in [0.5, 0.6) is 0 Å². The number of urea groups is 1. The van der Waals surface area contributed by atoms with Gasteiger partial charge in [0.05, 0.1) is 0 Å². The van der Waals surface area contributed by atoms with Gasteiger partial charge in [-0.1, -0.05) is 37.1 Å². The third kappa shape index (κ3) is 4.49. The van der Waals surface area contributed by atoms with Crippen molar-refractivity contribution in [1.82, 2.24) is 14.7 Å². The van der Waals surface area contributed by atoms with Crippen molar-refractivity contribution in [2.45, 2.75) is 64.0 Å². The lowest BCUT2D eigenvalue weighted by Crippen LogP contribution is -2.65. The molecule has 1 aliphatic carbocycles. The Bertz CT molecular complexity index is 665. The Labute approximate surface area is 174 Å². The molecular weight excluding hydrogens is 370 g/mol. The maximum Gasteiger partial charge on any atom is 0.320 e. The Balaban J connectivity index is 1.40. The number of hydrogen-bond acceptors (Lipinski definition) is 2. The number of rotatable bonds is 7. The van der Waals surface area contributed by atoms with Crippen molar-refractivity contribution in [3.05, 3.63) is 34.9 Å². The van der Waals surface area contributed by atoms with Gasteiger partial charge in [-0.3, -0.25) is 4.90 Å². The fourth-order valence-corrected chi connectivity index (χ4v) is 4.96. The summed E-state index contributed by atoms with van der Waals surface area (Å²) in [5.41, 5.74) is 1.42. The highest BCUT2D eigenvalue weighted by Crippen LogP contribution is 2.40. The van der Waals surface area contributed by atoms with Crippen molar-refractivity contribution in [3.8, 4) is 0 Å². The zero-order valence-corrected chi connectivity index (χ0v) is 18.0. The minimum atomic E-state index is 0.0961. The number of hydrogen-bond donors (Lipinski definition) is 0. The molecule has 1 saturated carbocycles. The molecule has 0 radical (unpaired) electrons. The van der Waals surface area contributed by atoms with Gasteiger partial charge in [0.25, 0.3) is 0 Å². The summed E-state index contributed by atoms with van der Waals surface area (Å²) in [5.74, 6) is 0.749. The molecule has 0 N–H and O–H groups in total. The summed E-state index contributed by atoms with van der Waals surface area (Å²) in [5, 5.41) is 0.797. The minimum Gasteiger partial charge on any atom is -0.325 e. The van der Waals surface area contributed by atoms with Crippen LogP contribution in [0.4, 0.5) is 4.79 Å². The molecule has 2 saturated heterocycles. The van der Waals surface area contributed by atoms with Crippen LogP contribution in [0.3, 0.4) is 0 Å². The molecule has 0 bridgehead atoms. The van der Waals surface area contributed by atoms with Crippen molar-refractivity contribution < 1.29 is 4.79 Å². The van der Waals surface area contributed by atoms with Crippen molar-refractivity contribution in [2.24, 2.45) is 5.92 Å². The number of unbranched alkanes of at least 4 members (excludes halogenated alkanes) is 1. The van der Waals surface area contributed by atoms with Gasteiger partial charge in [-0.25, -0.2) is 4.79 Å². The van der Waals surface area contributed by atoms with E-state index in [1.807, 2.05) is 12.1 Å². The lowest BCUT2D eigenvalue weighted by atomic mass is 9.80. The quantitative estimate of drug-likeness (QED) is 0.639. The van der Waals surface area contributed by atoms with Crippen molar-refractivity contribution in [3.63, 3.8) is 0 Å². The van der Waals surface area contributed by atoms with E-state index in [0.717, 1.165) is 82.3 Å². The first-order valence-corrected chi connectivity index (χ1v) is 11.5. The third-order valence-corrected chi connectivity index (χ3v) is 7.20. The maximum absolute atomic E-state index is 13.3. The molecule has 2 aliphatic heterocycles. The summed E-state index contributed by atoms with van der Waals surface area (Å²) in [7, 11) is 0. The van der Waals surface area contributed by atoms with Gasteiger partial charge in [0.2, 0.25) is 0 Å². The van der Waals surface area contributed by atoms with Crippen molar-refractivity contribution in [2.75, 3.05) is 32.7 Å². The molecule has 5 heteroatoms. The van der Waals surface area contributed by atoms with E-state index >= 15 is 0 Å². The first kappa shape index (κ1) is 20.0. The van der Waals surface area contributed by atoms with Gasteiger partial charge in [-0.15, -0.1) is 0 Å². The number of benzene rings is 1. The highest BCUT2D eigenvalue weighted by Gasteiger charge is 2.48. The summed E-state index contributed by atoms with van der Waals surface area (Å²) in [6.45, 7) is 8.18. The van der Waals surface area contributed by atoms with E-state index in [2.05, 4.69) is 33.8 Å². The molecule has 0 unspecified atom stereocenters. The number of nitrogens with zero attached hydrogens (tertiary/aromatic N) is 3. The van der Waals surface area contributed by atoms with Crippen LogP contribution in [0.15, 0.2) is 24.3 Å². The molecule has 3 aliphatic rings. The van der Waals surface area contributed by atoms with Crippen LogP contribution in [0.25, 0.3) is 0 Å². The zero-order chi connectivity index (χ0) is 19.6. The molecule has 1 aromatic rings. The van der Waals surface area contributed by atoms with E-state index in [9.17, 15) is 4.79 Å². The number of carbonyl (C=O) groups is 1. The van der Waals surface area contributed by atoms with Crippen LogP contribution in [0.1, 0.15) is 57.4 Å². The molecule has 4 nitrogen and oxygen atoms in total. The van der Waals surface area contributed by atoms with E-state index in [4.69, 9.17) is 11.6 Å². The number of piperidine rings is 1. The van der Waals surface area contributed by atoms with Crippen LogP contribution >= 0.6 is 11.6 Å². The van der Waals surface area contributed by atoms with E-state index in [1.54, 1.807) is 0 Å². The van der Waals surface area contributed by atoms with E-state index in [1.165, 1.54) is 18.4 Å². The topological polar surface area (TPSA) is 26.8 Å². The molecule has 2 amide bonds. The molecule has 0 atom stereocenters. The zero-order valence-electron chi connectivity index (χ0n) is 17.2. The number of likely N-dealkylation sites (tertiary alicyclic amines) is 1. The summed E-state index contributed by atoms with van der Waals surface area (Å²) in [6.07, 6.45) is 8.24. The lowest BCUT2D eigenvalue weighted by molar-refractivity contribution is -0.00652. The largest absolute Gasteiger partial charge is 0.325 e. The van der Waals surface area contributed by atoms with Gasteiger partial charge in [0, 0.05) is 49.8 Å². The molecule has 4 rings (SSSR count). The Morgan fingerprint density at radius 2 is 1.75 bits per heavy atom. The second-order valence-corrected chi connectivity index (χ2v) is 9.49. The molecule has 154 valence electrons. The second-order valence-electron chi connectivity index (χ2n) is 9.05. The molecule has 0 aromatic heterocycles. The molecule has 3 fully saturated rings. The highest BCUT2D eigenvalue weighted by atomic mass is 35.5. The average molecular weight is 404 g/mol. The predicted octanol–water partition coefficient (Wildman–Crippen LogP) is 5.01. The Kier molecular flexibility index (Phi) is 6.17. The highest BCUT2D eigenvalue weighted by molar-refractivity contribution is 6.30. The molecule has 1 aromatic carbocycles. The smallest absolute Gasteiger partial charge is 0.320 e. The molecular formula is C23H34ClN3O. The standard InChI is InChI=1S/C23H34ClN3O/c1-2-3-13-26-16-12-23(27(22(26)28)18-20-4-5-20)10-14-25(15-11-23)17-19-6-8-21(24)9-7-19/h6-9,20H,2-5,10-18H2,1H3. The summed E-state index contributed by atoms with van der Waals surface area (Å²) >= 11 is 6.02. The third-order valence-electron chi connectivity index (χ3n) is 6.95. The second kappa shape index (κ2) is 8.62. The maximum atomic E-state index is 13.3. The van der Waals surface area contributed by atoms with Gasteiger partial charge >= 0.3 is 6.03 Å².